The predicted molar refractivity (Wildman–Crippen MR) is 92.4 cm³/mol. The quantitative estimate of drug-likeness (QED) is 0.562. The third-order valence-electron chi connectivity index (χ3n) is 4.21. The fraction of sp³-hybridized carbons (Fsp3) is 0.0556. The Morgan fingerprint density at radius 1 is 0.739 bits per heavy atom. The summed E-state index contributed by atoms with van der Waals surface area (Å²) >= 11 is 0. The van der Waals surface area contributed by atoms with E-state index in [0.717, 1.165) is 51.1 Å². The monoisotopic (exact) mass is 299 g/mol. The smallest absolute Gasteiger partial charge is 0.0892 e. The van der Waals surface area contributed by atoms with Crippen LogP contribution in [0.4, 0.5) is 11.4 Å². The van der Waals surface area contributed by atoms with Crippen molar-refractivity contribution in [3.63, 3.8) is 0 Å². The first kappa shape index (κ1) is 12.3. The standard InChI is InChI=1S/C18H13N5/c1-3-14-13(18-17(9-21-14)22-10-23-18)7-11(1)12-2-4-15-16(8-12)20-6-5-19-15/h1-9,22-23H,10H2. The van der Waals surface area contributed by atoms with Gasteiger partial charge in [0.1, 0.15) is 0 Å². The number of aromatic nitrogens is 3. The summed E-state index contributed by atoms with van der Waals surface area (Å²) in [6.07, 6.45) is 5.31. The van der Waals surface area contributed by atoms with Gasteiger partial charge in [-0.2, -0.15) is 0 Å². The second-order valence-electron chi connectivity index (χ2n) is 5.57. The molecule has 1 aliphatic rings. The van der Waals surface area contributed by atoms with Gasteiger partial charge in [0.05, 0.1) is 40.8 Å². The van der Waals surface area contributed by atoms with Crippen LogP contribution < -0.4 is 10.6 Å². The minimum atomic E-state index is 0.742. The Morgan fingerprint density at radius 2 is 1.52 bits per heavy atom. The summed E-state index contributed by atoms with van der Waals surface area (Å²) < 4.78 is 0. The Kier molecular flexibility index (Phi) is 2.49. The number of nitrogens with zero attached hydrogens (tertiary/aromatic N) is 3. The van der Waals surface area contributed by atoms with E-state index < -0.39 is 0 Å². The molecule has 23 heavy (non-hydrogen) atoms. The highest BCUT2D eigenvalue weighted by Crippen LogP contribution is 2.35. The van der Waals surface area contributed by atoms with Crippen LogP contribution in [0.25, 0.3) is 33.1 Å². The molecule has 0 bridgehead atoms. The molecule has 0 saturated heterocycles. The maximum atomic E-state index is 4.51. The van der Waals surface area contributed by atoms with Crippen LogP contribution in [0.3, 0.4) is 0 Å². The molecule has 2 aromatic carbocycles. The molecule has 0 unspecified atom stereocenters. The minimum Gasteiger partial charge on any atom is -0.366 e. The first-order chi connectivity index (χ1) is 11.4. The van der Waals surface area contributed by atoms with Crippen LogP contribution in [0.1, 0.15) is 0 Å². The molecule has 5 nitrogen and oxygen atoms in total. The van der Waals surface area contributed by atoms with Crippen molar-refractivity contribution in [2.75, 3.05) is 17.3 Å². The van der Waals surface area contributed by atoms with Gasteiger partial charge in [-0.1, -0.05) is 12.1 Å². The molecule has 2 N–H and O–H groups in total. The third kappa shape index (κ3) is 1.90. The van der Waals surface area contributed by atoms with Crippen molar-refractivity contribution in [2.24, 2.45) is 0 Å². The van der Waals surface area contributed by atoms with Gasteiger partial charge >= 0.3 is 0 Å². The lowest BCUT2D eigenvalue weighted by Crippen LogP contribution is -1.99. The zero-order valence-electron chi connectivity index (χ0n) is 12.2. The van der Waals surface area contributed by atoms with Crippen LogP contribution in [-0.2, 0) is 0 Å². The molecule has 0 radical (unpaired) electrons. The number of hydrogen-bond donors (Lipinski definition) is 2. The van der Waals surface area contributed by atoms with Gasteiger partial charge in [-0.15, -0.1) is 0 Å². The van der Waals surface area contributed by atoms with Gasteiger partial charge in [-0.25, -0.2) is 0 Å². The lowest BCUT2D eigenvalue weighted by atomic mass is 10.0. The van der Waals surface area contributed by atoms with Crippen LogP contribution in [-0.4, -0.2) is 21.6 Å². The molecule has 0 fully saturated rings. The first-order valence-corrected chi connectivity index (χ1v) is 7.50. The number of anilines is 2. The molecule has 0 atom stereocenters. The Morgan fingerprint density at radius 3 is 2.43 bits per heavy atom. The fourth-order valence-corrected chi connectivity index (χ4v) is 3.07. The van der Waals surface area contributed by atoms with Gasteiger partial charge < -0.3 is 10.6 Å². The van der Waals surface area contributed by atoms with Crippen molar-refractivity contribution in [1.29, 1.82) is 0 Å². The number of hydrogen-bond acceptors (Lipinski definition) is 5. The molecule has 1 aliphatic heterocycles. The number of fused-ring (bicyclic) bond motifs is 4. The lowest BCUT2D eigenvalue weighted by molar-refractivity contribution is 1.29. The average Bonchev–Trinajstić information content (AvgIpc) is 3.10. The summed E-state index contributed by atoms with van der Waals surface area (Å²) in [5, 5.41) is 7.79. The Balaban J connectivity index is 1.72. The summed E-state index contributed by atoms with van der Waals surface area (Å²) in [7, 11) is 0. The zero-order valence-corrected chi connectivity index (χ0v) is 12.2. The molecular formula is C18H13N5. The van der Waals surface area contributed by atoms with E-state index in [4.69, 9.17) is 0 Å². The van der Waals surface area contributed by atoms with Gasteiger partial charge in [0.25, 0.3) is 0 Å². The largest absolute Gasteiger partial charge is 0.366 e. The van der Waals surface area contributed by atoms with Gasteiger partial charge in [0.15, 0.2) is 0 Å². The highest BCUT2D eigenvalue weighted by atomic mass is 15.1. The van der Waals surface area contributed by atoms with Crippen molar-refractivity contribution >= 4 is 33.3 Å². The number of nitrogens with one attached hydrogen (secondary N) is 2. The topological polar surface area (TPSA) is 62.7 Å². The molecule has 0 amide bonds. The van der Waals surface area contributed by atoms with Crippen LogP contribution >= 0.6 is 0 Å². The van der Waals surface area contributed by atoms with E-state index in [0.29, 0.717) is 0 Å². The van der Waals surface area contributed by atoms with Crippen molar-refractivity contribution in [3.05, 3.63) is 55.0 Å². The lowest BCUT2D eigenvalue weighted by Gasteiger charge is -2.08. The normalized spacial score (nSPS) is 12.9. The summed E-state index contributed by atoms with van der Waals surface area (Å²) in [5.41, 5.74) is 7.25. The van der Waals surface area contributed by atoms with Crippen molar-refractivity contribution in [1.82, 2.24) is 15.0 Å². The Hall–Kier alpha value is -3.21. The fourth-order valence-electron chi connectivity index (χ4n) is 3.07. The summed E-state index contributed by atoms with van der Waals surface area (Å²) in [4.78, 5) is 13.2. The third-order valence-corrected chi connectivity index (χ3v) is 4.21. The predicted octanol–water partition coefficient (Wildman–Crippen LogP) is 3.64. The van der Waals surface area contributed by atoms with Crippen molar-refractivity contribution < 1.29 is 0 Å². The highest BCUT2D eigenvalue weighted by Gasteiger charge is 2.14. The van der Waals surface area contributed by atoms with Crippen LogP contribution in [0.2, 0.25) is 0 Å². The van der Waals surface area contributed by atoms with E-state index in [-0.39, 0.29) is 0 Å². The molecule has 0 saturated carbocycles. The number of rotatable bonds is 1. The molecule has 5 heteroatoms. The molecular weight excluding hydrogens is 286 g/mol. The molecule has 5 rings (SSSR count). The average molecular weight is 299 g/mol. The Bertz CT molecular complexity index is 1060. The van der Waals surface area contributed by atoms with Gasteiger partial charge in [-0.05, 0) is 35.4 Å². The van der Waals surface area contributed by atoms with E-state index in [1.165, 1.54) is 0 Å². The van der Waals surface area contributed by atoms with E-state index in [1.807, 2.05) is 12.3 Å². The van der Waals surface area contributed by atoms with Gasteiger partial charge in [0.2, 0.25) is 0 Å². The zero-order chi connectivity index (χ0) is 15.2. The molecule has 110 valence electrons. The summed E-state index contributed by atoms with van der Waals surface area (Å²) in [6.45, 7) is 0.742. The van der Waals surface area contributed by atoms with Gasteiger partial charge in [-0.3, -0.25) is 15.0 Å². The maximum absolute atomic E-state index is 4.51. The summed E-state index contributed by atoms with van der Waals surface area (Å²) in [6, 6.07) is 12.5. The van der Waals surface area contributed by atoms with Crippen LogP contribution in [0.15, 0.2) is 55.0 Å². The first-order valence-electron chi connectivity index (χ1n) is 7.50. The van der Waals surface area contributed by atoms with E-state index in [2.05, 4.69) is 55.9 Å². The van der Waals surface area contributed by atoms with Gasteiger partial charge in [0, 0.05) is 17.8 Å². The molecule has 4 aromatic rings. The maximum Gasteiger partial charge on any atom is 0.0892 e. The van der Waals surface area contributed by atoms with Crippen LogP contribution in [0, 0.1) is 0 Å². The van der Waals surface area contributed by atoms with E-state index >= 15 is 0 Å². The molecule has 0 aliphatic carbocycles. The second kappa shape index (κ2) is 4.64. The molecule has 3 heterocycles. The van der Waals surface area contributed by atoms with Crippen LogP contribution in [0.5, 0.6) is 0 Å². The summed E-state index contributed by atoms with van der Waals surface area (Å²) in [5.74, 6) is 0. The number of pyridine rings is 1. The number of benzene rings is 2. The van der Waals surface area contributed by atoms with Crippen molar-refractivity contribution in [2.45, 2.75) is 0 Å². The van der Waals surface area contributed by atoms with E-state index in [9.17, 15) is 0 Å². The molecule has 2 aromatic heterocycles. The van der Waals surface area contributed by atoms with Crippen molar-refractivity contribution in [3.8, 4) is 11.1 Å². The molecule has 0 spiro atoms. The minimum absolute atomic E-state index is 0.742. The SMILES string of the molecule is c1cnc2cc(-c3ccc4ncc5c(c4c3)NCN5)ccc2n1. The van der Waals surface area contributed by atoms with E-state index in [1.54, 1.807) is 12.4 Å². The highest BCUT2D eigenvalue weighted by molar-refractivity contribution is 6.01. The Labute approximate surface area is 132 Å². The second-order valence-corrected chi connectivity index (χ2v) is 5.57.